The van der Waals surface area contributed by atoms with Gasteiger partial charge in [-0.05, 0) is 6.42 Å². The molecule has 0 radical (unpaired) electrons. The zero-order chi connectivity index (χ0) is 17.7. The van der Waals surface area contributed by atoms with Gasteiger partial charge < -0.3 is 28.4 Å². The second-order valence-electron chi connectivity index (χ2n) is 4.78. The first-order chi connectivity index (χ1) is 11.8. The summed E-state index contributed by atoms with van der Waals surface area (Å²) < 4.78 is 31.4. The lowest BCUT2D eigenvalue weighted by atomic mass is 10.3. The van der Waals surface area contributed by atoms with Gasteiger partial charge in [-0.15, -0.1) is 6.58 Å². The molecular formula is C17H32O7. The Bertz CT molecular complexity index is 284. The number of hydrogen-bond donors (Lipinski definition) is 0. The summed E-state index contributed by atoms with van der Waals surface area (Å²) in [6, 6.07) is 0. The first kappa shape index (κ1) is 23.0. The summed E-state index contributed by atoms with van der Waals surface area (Å²) in [4.78, 5) is 11.1. The number of esters is 1. The molecule has 0 aromatic carbocycles. The molecule has 0 bridgehead atoms. The van der Waals surface area contributed by atoms with E-state index in [4.69, 9.17) is 28.4 Å². The van der Waals surface area contributed by atoms with Gasteiger partial charge in [0.2, 0.25) is 0 Å². The Hall–Kier alpha value is -0.990. The third kappa shape index (κ3) is 19.1. The number of ether oxygens (including phenoxy) is 6. The molecule has 0 aromatic rings. The van der Waals surface area contributed by atoms with Crippen molar-refractivity contribution in [1.82, 2.24) is 0 Å². The van der Waals surface area contributed by atoms with Gasteiger partial charge in [0, 0.05) is 6.42 Å². The van der Waals surface area contributed by atoms with Crippen molar-refractivity contribution in [3.8, 4) is 0 Å². The van der Waals surface area contributed by atoms with Crippen molar-refractivity contribution >= 4 is 5.97 Å². The monoisotopic (exact) mass is 348 g/mol. The minimum Gasteiger partial charge on any atom is -0.463 e. The van der Waals surface area contributed by atoms with Gasteiger partial charge in [-0.1, -0.05) is 13.0 Å². The Balaban J connectivity index is 3.02. The highest BCUT2D eigenvalue weighted by Gasteiger charge is 1.99. The van der Waals surface area contributed by atoms with Crippen LogP contribution < -0.4 is 0 Å². The molecule has 24 heavy (non-hydrogen) atoms. The van der Waals surface area contributed by atoms with Gasteiger partial charge in [-0.2, -0.15) is 0 Å². The maximum atomic E-state index is 11.1. The molecule has 0 saturated carbocycles. The fraction of sp³-hybridized carbons (Fsp3) is 0.824. The predicted molar refractivity (Wildman–Crippen MR) is 90.2 cm³/mol. The molecule has 0 unspecified atom stereocenters. The summed E-state index contributed by atoms with van der Waals surface area (Å²) in [6.45, 7) is 10.9. The van der Waals surface area contributed by atoms with Crippen molar-refractivity contribution in [2.75, 3.05) is 72.7 Å². The van der Waals surface area contributed by atoms with E-state index in [1.54, 1.807) is 6.08 Å². The van der Waals surface area contributed by atoms with Crippen LogP contribution in [-0.2, 0) is 33.2 Å². The van der Waals surface area contributed by atoms with Gasteiger partial charge in [-0.3, -0.25) is 4.79 Å². The van der Waals surface area contributed by atoms with E-state index in [2.05, 4.69) is 6.58 Å². The lowest BCUT2D eigenvalue weighted by Crippen LogP contribution is -2.14. The first-order valence-corrected chi connectivity index (χ1v) is 8.46. The normalized spacial score (nSPS) is 10.7. The molecule has 7 heteroatoms. The third-order valence-corrected chi connectivity index (χ3v) is 2.67. The van der Waals surface area contributed by atoms with Crippen LogP contribution in [0.1, 0.15) is 19.8 Å². The molecule has 0 aliphatic rings. The van der Waals surface area contributed by atoms with Crippen LogP contribution in [0.3, 0.4) is 0 Å². The molecule has 7 nitrogen and oxygen atoms in total. The lowest BCUT2D eigenvalue weighted by Gasteiger charge is -2.08. The van der Waals surface area contributed by atoms with Crippen LogP contribution >= 0.6 is 0 Å². The van der Waals surface area contributed by atoms with Gasteiger partial charge in [-0.25, -0.2) is 0 Å². The van der Waals surface area contributed by atoms with Crippen molar-refractivity contribution in [2.24, 2.45) is 0 Å². The Morgan fingerprint density at radius 2 is 1.17 bits per heavy atom. The van der Waals surface area contributed by atoms with Crippen LogP contribution in [0, 0.1) is 0 Å². The Labute approximate surface area is 145 Å². The molecule has 0 N–H and O–H groups in total. The fourth-order valence-corrected chi connectivity index (χ4v) is 1.54. The van der Waals surface area contributed by atoms with Crippen LogP contribution in [0.5, 0.6) is 0 Å². The van der Waals surface area contributed by atoms with Crippen LogP contribution in [0.2, 0.25) is 0 Å². The van der Waals surface area contributed by atoms with Crippen LogP contribution in [0.25, 0.3) is 0 Å². The average Bonchev–Trinajstić information content (AvgIpc) is 2.58. The third-order valence-electron chi connectivity index (χ3n) is 2.67. The van der Waals surface area contributed by atoms with Crippen molar-refractivity contribution in [3.05, 3.63) is 12.7 Å². The summed E-state index contributed by atoms with van der Waals surface area (Å²) in [6.07, 6.45) is 2.96. The zero-order valence-electron chi connectivity index (χ0n) is 14.8. The molecule has 0 aromatic heterocycles. The number of carbonyl (C=O) groups is 1. The van der Waals surface area contributed by atoms with Crippen LogP contribution in [-0.4, -0.2) is 78.6 Å². The standard InChI is InChI=1S/C17H32O7/c1-3-5-17(18)24-16-15-23-14-13-22-12-11-21-10-9-20-8-7-19-6-4-2/h4H,2-3,5-16H2,1H3. The van der Waals surface area contributed by atoms with E-state index in [1.807, 2.05) is 6.92 Å². The van der Waals surface area contributed by atoms with E-state index in [1.165, 1.54) is 0 Å². The SMILES string of the molecule is C=CCOCCOCCOCCOCCOCCOC(=O)CCC. The van der Waals surface area contributed by atoms with E-state index >= 15 is 0 Å². The molecule has 0 spiro atoms. The second kappa shape index (κ2) is 20.1. The molecule has 0 saturated heterocycles. The molecule has 142 valence electrons. The Morgan fingerprint density at radius 1 is 0.750 bits per heavy atom. The lowest BCUT2D eigenvalue weighted by molar-refractivity contribution is -0.145. The molecule has 0 fully saturated rings. The van der Waals surface area contributed by atoms with Crippen LogP contribution in [0.15, 0.2) is 12.7 Å². The minimum atomic E-state index is -0.178. The summed E-state index contributed by atoms with van der Waals surface area (Å²) in [7, 11) is 0. The fourth-order valence-electron chi connectivity index (χ4n) is 1.54. The number of rotatable bonds is 19. The smallest absolute Gasteiger partial charge is 0.305 e. The van der Waals surface area contributed by atoms with Gasteiger partial charge in [0.25, 0.3) is 0 Å². The van der Waals surface area contributed by atoms with Crippen molar-refractivity contribution in [3.63, 3.8) is 0 Å². The number of hydrogen-bond acceptors (Lipinski definition) is 7. The average molecular weight is 348 g/mol. The quantitative estimate of drug-likeness (QED) is 0.199. The molecule has 0 heterocycles. The van der Waals surface area contributed by atoms with Gasteiger partial charge in [0.15, 0.2) is 0 Å². The highest BCUT2D eigenvalue weighted by Crippen LogP contribution is 1.91. The van der Waals surface area contributed by atoms with Crippen molar-refractivity contribution in [2.45, 2.75) is 19.8 Å². The molecule has 0 aliphatic carbocycles. The van der Waals surface area contributed by atoms with Gasteiger partial charge >= 0.3 is 5.97 Å². The van der Waals surface area contributed by atoms with E-state index in [-0.39, 0.29) is 5.97 Å². The molecule has 0 atom stereocenters. The van der Waals surface area contributed by atoms with E-state index in [0.717, 1.165) is 6.42 Å². The van der Waals surface area contributed by atoms with E-state index in [9.17, 15) is 4.79 Å². The second-order valence-corrected chi connectivity index (χ2v) is 4.78. The Kier molecular flexibility index (Phi) is 19.2. The summed E-state index contributed by atoms with van der Waals surface area (Å²) in [5, 5.41) is 0. The van der Waals surface area contributed by atoms with Crippen molar-refractivity contribution in [1.29, 1.82) is 0 Å². The molecule has 0 rings (SSSR count). The van der Waals surface area contributed by atoms with Crippen LogP contribution in [0.4, 0.5) is 0 Å². The van der Waals surface area contributed by atoms with E-state index < -0.39 is 0 Å². The topological polar surface area (TPSA) is 72.5 Å². The summed E-state index contributed by atoms with van der Waals surface area (Å²) in [5.74, 6) is -0.178. The van der Waals surface area contributed by atoms with Gasteiger partial charge in [0.05, 0.1) is 66.1 Å². The highest BCUT2D eigenvalue weighted by molar-refractivity contribution is 5.69. The maximum absolute atomic E-state index is 11.1. The maximum Gasteiger partial charge on any atom is 0.305 e. The predicted octanol–water partition coefficient (Wildman–Crippen LogP) is 1.60. The first-order valence-electron chi connectivity index (χ1n) is 8.46. The highest BCUT2D eigenvalue weighted by atomic mass is 16.6. The minimum absolute atomic E-state index is 0.178. The molecule has 0 amide bonds. The summed E-state index contributed by atoms with van der Waals surface area (Å²) in [5.41, 5.74) is 0. The molecular weight excluding hydrogens is 316 g/mol. The zero-order valence-corrected chi connectivity index (χ0v) is 14.8. The number of carbonyl (C=O) groups excluding carboxylic acids is 1. The van der Waals surface area contributed by atoms with E-state index in [0.29, 0.717) is 79.1 Å². The summed E-state index contributed by atoms with van der Waals surface area (Å²) >= 11 is 0. The Morgan fingerprint density at radius 3 is 1.58 bits per heavy atom. The van der Waals surface area contributed by atoms with Crippen molar-refractivity contribution < 1.29 is 33.2 Å². The molecule has 0 aliphatic heterocycles. The largest absolute Gasteiger partial charge is 0.463 e. The van der Waals surface area contributed by atoms with Gasteiger partial charge in [0.1, 0.15) is 6.61 Å².